The van der Waals surface area contributed by atoms with Gasteiger partial charge in [-0.25, -0.2) is 4.39 Å². The first kappa shape index (κ1) is 21.8. The number of hydrogen-bond donors (Lipinski definition) is 0. The van der Waals surface area contributed by atoms with Crippen molar-refractivity contribution in [3.8, 4) is 5.75 Å². The van der Waals surface area contributed by atoms with Gasteiger partial charge in [-0.3, -0.25) is 14.5 Å². The van der Waals surface area contributed by atoms with Crippen LogP contribution in [0.1, 0.15) is 54.0 Å². The molecule has 0 bridgehead atoms. The molecular formula is C23H28FNO3. The first-order valence-electron chi connectivity index (χ1n) is 9.31. The number of carbonyl (C=O) groups is 2. The molecular weight excluding hydrogens is 357 g/mol. The van der Waals surface area contributed by atoms with Crippen molar-refractivity contribution in [3.63, 3.8) is 0 Å². The van der Waals surface area contributed by atoms with Crippen molar-refractivity contribution in [1.29, 1.82) is 0 Å². The number of nitrogens with zero attached hydrogens (tertiary/aromatic N) is 1. The van der Waals surface area contributed by atoms with Gasteiger partial charge in [-0.2, -0.15) is 0 Å². The zero-order valence-electron chi connectivity index (χ0n) is 17.2. The van der Waals surface area contributed by atoms with Gasteiger partial charge in [0, 0.05) is 29.8 Å². The first-order valence-corrected chi connectivity index (χ1v) is 9.31. The van der Waals surface area contributed by atoms with E-state index in [0.29, 0.717) is 11.1 Å². The number of halogens is 1. The molecule has 4 nitrogen and oxygen atoms in total. The van der Waals surface area contributed by atoms with Crippen LogP contribution in [0.5, 0.6) is 5.75 Å². The van der Waals surface area contributed by atoms with Gasteiger partial charge in [-0.05, 0) is 37.6 Å². The van der Waals surface area contributed by atoms with Crippen LogP contribution in [0.25, 0.3) is 0 Å². The molecule has 2 aromatic carbocycles. The number of ether oxygens (including phenoxy) is 1. The average Bonchev–Trinajstić information content (AvgIpc) is 2.61. The molecule has 0 N–H and O–H groups in total. The summed E-state index contributed by atoms with van der Waals surface area (Å²) in [5, 5.41) is 0. The van der Waals surface area contributed by atoms with Gasteiger partial charge in [0.15, 0.2) is 5.78 Å². The van der Waals surface area contributed by atoms with Crippen LogP contribution < -0.4 is 4.74 Å². The highest BCUT2D eigenvalue weighted by Crippen LogP contribution is 2.33. The van der Waals surface area contributed by atoms with Crippen LogP contribution in [0.3, 0.4) is 0 Å². The lowest BCUT2D eigenvalue weighted by Crippen LogP contribution is -2.51. The van der Waals surface area contributed by atoms with Crippen LogP contribution in [-0.4, -0.2) is 43.2 Å². The van der Waals surface area contributed by atoms with Crippen molar-refractivity contribution >= 4 is 12.1 Å². The summed E-state index contributed by atoms with van der Waals surface area (Å²) in [5.41, 5.74) is 2.06. The molecule has 5 heteroatoms. The number of hydrogen-bond acceptors (Lipinski definition) is 4. The topological polar surface area (TPSA) is 46.6 Å². The van der Waals surface area contributed by atoms with E-state index in [0.717, 1.165) is 30.7 Å². The van der Waals surface area contributed by atoms with Crippen LogP contribution >= 0.6 is 0 Å². The summed E-state index contributed by atoms with van der Waals surface area (Å²) >= 11 is 0. The summed E-state index contributed by atoms with van der Waals surface area (Å²) in [7, 11) is 2.06. The quantitative estimate of drug-likeness (QED) is 0.574. The van der Waals surface area contributed by atoms with E-state index in [-0.39, 0.29) is 23.1 Å². The lowest BCUT2D eigenvalue weighted by atomic mass is 9.86. The fourth-order valence-electron chi connectivity index (χ4n) is 2.88. The second kappa shape index (κ2) is 9.11. The Morgan fingerprint density at radius 1 is 1.14 bits per heavy atom. The highest BCUT2D eigenvalue weighted by molar-refractivity contribution is 5.94. The largest absolute Gasteiger partial charge is 0.487 e. The van der Waals surface area contributed by atoms with Gasteiger partial charge in [0.05, 0.1) is 0 Å². The molecule has 0 amide bonds. The van der Waals surface area contributed by atoms with Gasteiger partial charge >= 0.3 is 0 Å². The third-order valence-electron chi connectivity index (χ3n) is 4.53. The molecule has 0 radical (unpaired) electrons. The highest BCUT2D eigenvalue weighted by atomic mass is 19.1. The number of benzene rings is 2. The molecule has 0 saturated carbocycles. The monoisotopic (exact) mass is 385 g/mol. The minimum absolute atomic E-state index is 0.0162. The Balaban J connectivity index is 0.000000221. The van der Waals surface area contributed by atoms with Crippen molar-refractivity contribution < 1.29 is 18.7 Å². The minimum Gasteiger partial charge on any atom is -0.487 e. The van der Waals surface area contributed by atoms with Gasteiger partial charge in [0.2, 0.25) is 0 Å². The summed E-state index contributed by atoms with van der Waals surface area (Å²) in [4.78, 5) is 23.2. The summed E-state index contributed by atoms with van der Waals surface area (Å²) < 4.78 is 19.2. The molecule has 28 heavy (non-hydrogen) atoms. The van der Waals surface area contributed by atoms with E-state index < -0.39 is 0 Å². The summed E-state index contributed by atoms with van der Waals surface area (Å²) in [6.07, 6.45) is 0.996. The average molecular weight is 385 g/mol. The van der Waals surface area contributed by atoms with E-state index in [1.165, 1.54) is 13.0 Å². The normalized spacial score (nSPS) is 14.5. The zero-order valence-corrected chi connectivity index (χ0v) is 17.2. The predicted molar refractivity (Wildman–Crippen MR) is 109 cm³/mol. The Hall–Kier alpha value is -2.53. The fourth-order valence-corrected chi connectivity index (χ4v) is 2.88. The summed E-state index contributed by atoms with van der Waals surface area (Å²) in [6, 6.07) is 11.3. The lowest BCUT2D eigenvalue weighted by molar-refractivity contribution is 0.0375. The molecule has 1 heterocycles. The van der Waals surface area contributed by atoms with Crippen LogP contribution in [0, 0.1) is 5.82 Å². The smallest absolute Gasteiger partial charge is 0.159 e. The number of carbonyl (C=O) groups excluding carboxylic acids is 2. The van der Waals surface area contributed by atoms with Gasteiger partial charge in [-0.15, -0.1) is 0 Å². The van der Waals surface area contributed by atoms with E-state index in [4.69, 9.17) is 4.74 Å². The second-order valence-corrected chi connectivity index (χ2v) is 8.15. The molecule has 0 aromatic heterocycles. The van der Waals surface area contributed by atoms with E-state index in [1.54, 1.807) is 36.4 Å². The molecule has 1 saturated heterocycles. The van der Waals surface area contributed by atoms with E-state index >= 15 is 0 Å². The predicted octanol–water partition coefficient (Wildman–Crippen LogP) is 4.52. The Morgan fingerprint density at radius 2 is 1.75 bits per heavy atom. The van der Waals surface area contributed by atoms with E-state index in [2.05, 4.69) is 32.7 Å². The molecule has 0 atom stereocenters. The van der Waals surface area contributed by atoms with Crippen molar-refractivity contribution in [3.05, 3.63) is 65.0 Å². The Labute approximate surface area is 166 Å². The standard InChI is InChI=1S/C14H20FNO.C9H8O2/c1-14(2,3)12-7-10(15)5-6-13(12)17-11-8-16(4)9-11;1-7(11)9-4-2-8(6-10)3-5-9/h5-7,11H,8-9H2,1-4H3;2-6H,1H3. The van der Waals surface area contributed by atoms with Crippen LogP contribution in [0.2, 0.25) is 0 Å². The maximum Gasteiger partial charge on any atom is 0.159 e. The van der Waals surface area contributed by atoms with E-state index in [9.17, 15) is 14.0 Å². The van der Waals surface area contributed by atoms with Gasteiger partial charge in [0.1, 0.15) is 24.0 Å². The molecule has 0 unspecified atom stereocenters. The third-order valence-corrected chi connectivity index (χ3v) is 4.53. The Morgan fingerprint density at radius 3 is 2.21 bits per heavy atom. The first-order chi connectivity index (χ1) is 13.1. The molecule has 2 aromatic rings. The van der Waals surface area contributed by atoms with Gasteiger partial charge in [-0.1, -0.05) is 45.0 Å². The Kier molecular flexibility index (Phi) is 7.08. The van der Waals surface area contributed by atoms with Crippen molar-refractivity contribution in [2.24, 2.45) is 0 Å². The molecule has 1 fully saturated rings. The number of ketones is 1. The lowest BCUT2D eigenvalue weighted by Gasteiger charge is -2.37. The number of aldehydes is 1. The van der Waals surface area contributed by atoms with Crippen molar-refractivity contribution in [1.82, 2.24) is 4.90 Å². The molecule has 0 aliphatic carbocycles. The van der Waals surface area contributed by atoms with Crippen molar-refractivity contribution in [2.75, 3.05) is 20.1 Å². The zero-order chi connectivity index (χ0) is 20.9. The number of rotatable bonds is 4. The maximum atomic E-state index is 13.3. The van der Waals surface area contributed by atoms with Crippen LogP contribution in [0.4, 0.5) is 4.39 Å². The molecule has 1 aliphatic rings. The molecule has 0 spiro atoms. The Bertz CT molecular complexity index is 819. The minimum atomic E-state index is -0.201. The van der Waals surface area contributed by atoms with Gasteiger partial charge in [0.25, 0.3) is 0 Å². The second-order valence-electron chi connectivity index (χ2n) is 8.15. The van der Waals surface area contributed by atoms with Gasteiger partial charge < -0.3 is 4.74 Å². The third kappa shape index (κ3) is 5.99. The van der Waals surface area contributed by atoms with E-state index in [1.807, 2.05) is 0 Å². The van der Waals surface area contributed by atoms with Crippen LogP contribution in [-0.2, 0) is 5.41 Å². The number of likely N-dealkylation sites (N-methyl/N-ethyl adjacent to an activating group) is 1. The summed E-state index contributed by atoms with van der Waals surface area (Å²) in [5.74, 6) is 0.632. The molecule has 3 rings (SSSR count). The summed E-state index contributed by atoms with van der Waals surface area (Å²) in [6.45, 7) is 9.60. The molecule has 1 aliphatic heterocycles. The van der Waals surface area contributed by atoms with Crippen LogP contribution in [0.15, 0.2) is 42.5 Å². The molecule has 150 valence electrons. The SMILES string of the molecule is CC(=O)c1ccc(C=O)cc1.CN1CC(Oc2ccc(F)cc2C(C)(C)C)C1. The van der Waals surface area contributed by atoms with Crippen molar-refractivity contribution in [2.45, 2.75) is 39.2 Å². The number of Topliss-reactive ketones (excluding diaryl/α,β-unsaturated/α-hetero) is 1. The number of likely N-dealkylation sites (tertiary alicyclic amines) is 1. The fraction of sp³-hybridized carbons (Fsp3) is 0.391. The highest BCUT2D eigenvalue weighted by Gasteiger charge is 2.27. The maximum absolute atomic E-state index is 13.3.